The van der Waals surface area contributed by atoms with E-state index in [9.17, 15) is 9.00 Å². The van der Waals surface area contributed by atoms with Gasteiger partial charge in [0, 0.05) is 18.4 Å². The number of aryl methyl sites for hydroxylation is 1. The number of ketones is 1. The van der Waals surface area contributed by atoms with Crippen LogP contribution in [0.1, 0.15) is 54.6 Å². The number of amidine groups is 1. The van der Waals surface area contributed by atoms with Gasteiger partial charge in [0.1, 0.15) is 33.3 Å². The summed E-state index contributed by atoms with van der Waals surface area (Å²) in [4.78, 5) is 26.0. The van der Waals surface area contributed by atoms with E-state index in [1.54, 1.807) is 33.8 Å². The minimum Gasteiger partial charge on any atom is -0.386 e. The predicted molar refractivity (Wildman–Crippen MR) is 123 cm³/mol. The lowest BCUT2D eigenvalue weighted by Gasteiger charge is -2.44. The van der Waals surface area contributed by atoms with Crippen LogP contribution < -0.4 is 5.73 Å². The van der Waals surface area contributed by atoms with Crippen molar-refractivity contribution in [1.29, 1.82) is 0 Å². The molecule has 0 saturated heterocycles. The molecule has 2 aromatic rings. The number of rotatable bonds is 4. The Labute approximate surface area is 191 Å². The fourth-order valence-electron chi connectivity index (χ4n) is 4.49. The fraction of sp³-hybridized carbons (Fsp3) is 0.455. The standard InChI is InChI=1S/C22H25ClFN5O2S/c1-12-9-13(23)11-26-18(12)16(30)10-14-5-6-15(24)19(28-14)22(4)17-7-8-27-32(17,31)21(2,3)20(25)29-22/h5-6,9,11,17H,7-8,10H2,1-4H3,(H2,25,29)/t17-,22-,32-/m0/s1. The van der Waals surface area contributed by atoms with E-state index in [4.69, 9.17) is 17.3 Å². The summed E-state index contributed by atoms with van der Waals surface area (Å²) in [6.45, 7) is 7.36. The van der Waals surface area contributed by atoms with Crippen LogP contribution in [0.15, 0.2) is 33.8 Å². The Morgan fingerprint density at radius 3 is 2.75 bits per heavy atom. The molecule has 4 rings (SSSR count). The molecule has 170 valence electrons. The molecule has 0 bridgehead atoms. The zero-order valence-electron chi connectivity index (χ0n) is 18.4. The number of hydrogen-bond donors (Lipinski definition) is 1. The molecule has 3 atom stereocenters. The van der Waals surface area contributed by atoms with Gasteiger partial charge in [-0.25, -0.2) is 13.0 Å². The molecule has 7 nitrogen and oxygen atoms in total. The van der Waals surface area contributed by atoms with Crippen LogP contribution in [0.25, 0.3) is 0 Å². The molecule has 0 radical (unpaired) electrons. The van der Waals surface area contributed by atoms with E-state index in [-0.39, 0.29) is 29.4 Å². The summed E-state index contributed by atoms with van der Waals surface area (Å²) in [6, 6.07) is 4.38. The maximum atomic E-state index is 15.1. The van der Waals surface area contributed by atoms with Gasteiger partial charge in [-0.2, -0.15) is 0 Å². The van der Waals surface area contributed by atoms with Gasteiger partial charge in [-0.05, 0) is 57.9 Å². The highest BCUT2D eigenvalue weighted by Gasteiger charge is 2.57. The highest BCUT2D eigenvalue weighted by atomic mass is 35.5. The molecule has 2 N–H and O–H groups in total. The van der Waals surface area contributed by atoms with Crippen LogP contribution in [0.2, 0.25) is 5.02 Å². The van der Waals surface area contributed by atoms with Crippen LogP contribution in [-0.2, 0) is 21.7 Å². The number of fused-ring (bicyclic) bond motifs is 1. The second-order valence-electron chi connectivity index (χ2n) is 8.91. The lowest BCUT2D eigenvalue weighted by molar-refractivity contribution is 0.0986. The number of carbonyl (C=O) groups is 1. The monoisotopic (exact) mass is 477 g/mol. The van der Waals surface area contributed by atoms with Gasteiger partial charge in [0.15, 0.2) is 5.78 Å². The van der Waals surface area contributed by atoms with Crippen molar-refractivity contribution >= 4 is 32.9 Å². The van der Waals surface area contributed by atoms with Gasteiger partial charge in [-0.1, -0.05) is 11.6 Å². The molecule has 2 aliphatic rings. The van der Waals surface area contributed by atoms with Gasteiger partial charge < -0.3 is 5.73 Å². The molecule has 0 fully saturated rings. The van der Waals surface area contributed by atoms with E-state index in [1.165, 1.54) is 18.3 Å². The number of nitrogens with two attached hydrogens (primary N) is 1. The highest BCUT2D eigenvalue weighted by Crippen LogP contribution is 2.47. The van der Waals surface area contributed by atoms with Crippen molar-refractivity contribution in [2.75, 3.05) is 6.54 Å². The minimum absolute atomic E-state index is 0.0249. The Bertz CT molecular complexity index is 1290. The number of halogens is 2. The van der Waals surface area contributed by atoms with Gasteiger partial charge >= 0.3 is 0 Å². The molecule has 2 aliphatic heterocycles. The third-order valence-electron chi connectivity index (χ3n) is 6.42. The van der Waals surface area contributed by atoms with Crippen molar-refractivity contribution in [2.24, 2.45) is 15.1 Å². The van der Waals surface area contributed by atoms with Crippen molar-refractivity contribution in [3.63, 3.8) is 0 Å². The van der Waals surface area contributed by atoms with E-state index >= 15 is 4.39 Å². The van der Waals surface area contributed by atoms with Crippen LogP contribution in [0, 0.1) is 12.7 Å². The first-order valence-electron chi connectivity index (χ1n) is 10.3. The summed E-state index contributed by atoms with van der Waals surface area (Å²) < 4.78 is 32.4. The molecule has 0 saturated carbocycles. The second kappa shape index (κ2) is 7.59. The average molecular weight is 478 g/mol. The van der Waals surface area contributed by atoms with Gasteiger partial charge in [-0.3, -0.25) is 19.8 Å². The fourth-order valence-corrected chi connectivity index (χ4v) is 7.85. The second-order valence-corrected chi connectivity index (χ2v) is 12.3. The molecule has 0 aromatic carbocycles. The molecule has 4 heterocycles. The van der Waals surface area contributed by atoms with Crippen molar-refractivity contribution < 1.29 is 13.4 Å². The summed E-state index contributed by atoms with van der Waals surface area (Å²) in [5.41, 5.74) is 6.30. The maximum Gasteiger partial charge on any atom is 0.187 e. The molecule has 0 aliphatic carbocycles. The van der Waals surface area contributed by atoms with Crippen LogP contribution >= 0.6 is 11.6 Å². The normalized spacial score (nSPS) is 28.6. The van der Waals surface area contributed by atoms with Gasteiger partial charge in [-0.15, -0.1) is 0 Å². The Hall–Kier alpha value is -2.39. The third kappa shape index (κ3) is 3.33. The number of nitrogens with zero attached hydrogens (tertiary/aromatic N) is 4. The molecule has 0 amide bonds. The number of carbonyl (C=O) groups excluding carboxylic acids is 1. The lowest BCUT2D eigenvalue weighted by atomic mass is 9.89. The largest absolute Gasteiger partial charge is 0.386 e. The van der Waals surface area contributed by atoms with Crippen molar-refractivity contribution in [3.8, 4) is 0 Å². The summed E-state index contributed by atoms with van der Waals surface area (Å²) >= 11 is 5.93. The number of pyridine rings is 2. The first kappa shape index (κ1) is 22.8. The number of Topliss-reactive ketones (excluding diaryl/α,β-unsaturated/α-hetero) is 1. The third-order valence-corrected chi connectivity index (χ3v) is 10.3. The Balaban J connectivity index is 1.76. The SMILES string of the molecule is Cc1cc(Cl)cnc1C(=O)Cc1ccc(F)c([C@@]2(C)N=C(N)C(C)(C)[S@]3(=O)=NCC[C@@H]23)n1. The number of aromatic nitrogens is 2. The Kier molecular flexibility index (Phi) is 5.40. The molecule has 0 unspecified atom stereocenters. The summed E-state index contributed by atoms with van der Waals surface area (Å²) in [7, 11) is -2.81. The van der Waals surface area contributed by atoms with Crippen molar-refractivity contribution in [2.45, 2.75) is 56.1 Å². The first-order valence-corrected chi connectivity index (χ1v) is 12.2. The average Bonchev–Trinajstić information content (AvgIpc) is 3.13. The van der Waals surface area contributed by atoms with Crippen molar-refractivity contribution in [3.05, 3.63) is 57.9 Å². The minimum atomic E-state index is -2.81. The number of aliphatic imine (C=N–C) groups is 1. The van der Waals surface area contributed by atoms with E-state index in [1.807, 2.05) is 0 Å². The van der Waals surface area contributed by atoms with E-state index in [2.05, 4.69) is 19.3 Å². The predicted octanol–water partition coefficient (Wildman–Crippen LogP) is 3.61. The molecule has 2 aromatic heterocycles. The topological polar surface area (TPSA) is 111 Å². The van der Waals surface area contributed by atoms with Crippen LogP contribution in [0.5, 0.6) is 0 Å². The smallest absolute Gasteiger partial charge is 0.187 e. The van der Waals surface area contributed by atoms with E-state index < -0.39 is 31.1 Å². The molecular formula is C22H25ClFN5O2S. The van der Waals surface area contributed by atoms with Crippen LogP contribution in [0.3, 0.4) is 0 Å². The highest BCUT2D eigenvalue weighted by molar-refractivity contribution is 7.96. The molecular weight excluding hydrogens is 453 g/mol. The Morgan fingerprint density at radius 1 is 1.34 bits per heavy atom. The van der Waals surface area contributed by atoms with Gasteiger partial charge in [0.2, 0.25) is 0 Å². The summed E-state index contributed by atoms with van der Waals surface area (Å²) in [5, 5.41) is -0.0964. The summed E-state index contributed by atoms with van der Waals surface area (Å²) in [5.74, 6) is -0.688. The molecule has 32 heavy (non-hydrogen) atoms. The van der Waals surface area contributed by atoms with E-state index in [0.717, 1.165) is 0 Å². The quantitative estimate of drug-likeness (QED) is 0.676. The summed E-state index contributed by atoms with van der Waals surface area (Å²) in [6.07, 6.45) is 1.83. The maximum absolute atomic E-state index is 15.1. The molecule has 10 heteroatoms. The van der Waals surface area contributed by atoms with Gasteiger partial charge in [0.05, 0.1) is 26.4 Å². The number of hydrogen-bond acceptors (Lipinski definition) is 7. The van der Waals surface area contributed by atoms with Crippen LogP contribution in [-0.4, -0.2) is 42.3 Å². The Morgan fingerprint density at radius 2 is 2.06 bits per heavy atom. The first-order chi connectivity index (χ1) is 14.9. The van der Waals surface area contributed by atoms with Crippen LogP contribution in [0.4, 0.5) is 4.39 Å². The zero-order chi connectivity index (χ0) is 23.5. The van der Waals surface area contributed by atoms with Crippen molar-refractivity contribution in [1.82, 2.24) is 9.97 Å². The van der Waals surface area contributed by atoms with Gasteiger partial charge in [0.25, 0.3) is 0 Å². The zero-order valence-corrected chi connectivity index (χ0v) is 19.9. The van der Waals surface area contributed by atoms with E-state index in [0.29, 0.717) is 29.2 Å². The lowest BCUT2D eigenvalue weighted by Crippen LogP contribution is -2.58. The molecule has 0 spiro atoms.